The summed E-state index contributed by atoms with van der Waals surface area (Å²) in [5.74, 6) is 0.898. The van der Waals surface area contributed by atoms with E-state index in [9.17, 15) is 4.39 Å². The Morgan fingerprint density at radius 2 is 1.77 bits per heavy atom. The van der Waals surface area contributed by atoms with Crippen molar-refractivity contribution in [3.05, 3.63) is 66.7 Å². The quantitative estimate of drug-likeness (QED) is 0.546. The zero-order valence-corrected chi connectivity index (χ0v) is 14.1. The van der Waals surface area contributed by atoms with Gasteiger partial charge in [-0.15, -0.1) is 0 Å². The van der Waals surface area contributed by atoms with E-state index in [2.05, 4.69) is 20.3 Å². The number of nitrogens with one attached hydrogen (secondary N) is 1. The van der Waals surface area contributed by atoms with Crippen molar-refractivity contribution < 1.29 is 4.39 Å². The first kappa shape index (κ1) is 16.0. The molecule has 128 valence electrons. The molecule has 4 aromatic rings. The Labute approximate surface area is 149 Å². The minimum atomic E-state index is -0.421. The summed E-state index contributed by atoms with van der Waals surface area (Å²) in [6, 6.07) is 14.3. The van der Waals surface area contributed by atoms with Crippen molar-refractivity contribution in [3.8, 4) is 22.5 Å². The normalized spacial score (nSPS) is 10.8. The maximum atomic E-state index is 13.4. The molecule has 0 saturated carbocycles. The zero-order valence-electron chi connectivity index (χ0n) is 14.1. The number of fused-ring (bicyclic) bond motifs is 1. The van der Waals surface area contributed by atoms with Gasteiger partial charge in [0.05, 0.1) is 11.2 Å². The lowest BCUT2D eigenvalue weighted by molar-refractivity contribution is 0.632. The van der Waals surface area contributed by atoms with Crippen LogP contribution in [0.3, 0.4) is 0 Å². The van der Waals surface area contributed by atoms with Crippen molar-refractivity contribution in [2.45, 2.75) is 0 Å². The highest BCUT2D eigenvalue weighted by molar-refractivity contribution is 5.94. The second-order valence-electron chi connectivity index (χ2n) is 5.86. The van der Waals surface area contributed by atoms with Gasteiger partial charge in [-0.1, -0.05) is 12.1 Å². The molecule has 0 aliphatic carbocycles. The second-order valence-corrected chi connectivity index (χ2v) is 5.86. The van der Waals surface area contributed by atoms with Gasteiger partial charge in [0.15, 0.2) is 5.82 Å². The Morgan fingerprint density at radius 3 is 2.50 bits per heavy atom. The predicted molar refractivity (Wildman–Crippen MR) is 102 cm³/mol. The lowest BCUT2D eigenvalue weighted by atomic mass is 10.0. The Hall–Kier alpha value is -3.54. The van der Waals surface area contributed by atoms with Crippen LogP contribution in [0.5, 0.6) is 0 Å². The van der Waals surface area contributed by atoms with E-state index in [1.807, 2.05) is 37.4 Å². The summed E-state index contributed by atoms with van der Waals surface area (Å²) in [5.41, 5.74) is 9.23. The molecule has 2 aromatic carbocycles. The summed E-state index contributed by atoms with van der Waals surface area (Å²) >= 11 is 0. The number of hydrogen-bond acceptors (Lipinski definition) is 5. The first-order valence-corrected chi connectivity index (χ1v) is 8.11. The van der Waals surface area contributed by atoms with E-state index in [4.69, 9.17) is 5.73 Å². The van der Waals surface area contributed by atoms with Crippen molar-refractivity contribution in [3.63, 3.8) is 0 Å². The molecule has 0 spiro atoms. The number of nitrogens with zero attached hydrogens (tertiary/aromatic N) is 3. The van der Waals surface area contributed by atoms with Gasteiger partial charge in [0.2, 0.25) is 0 Å². The molecular weight excluding hydrogens is 329 g/mol. The molecule has 0 aliphatic rings. The molecule has 0 amide bonds. The Kier molecular flexibility index (Phi) is 3.93. The molecule has 2 heterocycles. The number of aromatic nitrogens is 3. The molecule has 0 unspecified atom stereocenters. The Morgan fingerprint density at radius 1 is 0.962 bits per heavy atom. The number of anilines is 2. The van der Waals surface area contributed by atoms with Crippen molar-refractivity contribution in [1.82, 2.24) is 15.0 Å². The minimum absolute atomic E-state index is 0.125. The third-order valence-electron chi connectivity index (χ3n) is 4.18. The number of nitrogen functional groups attached to an aromatic ring is 1. The van der Waals surface area contributed by atoms with Crippen molar-refractivity contribution >= 4 is 22.4 Å². The largest absolute Gasteiger partial charge is 0.396 e. The highest BCUT2D eigenvalue weighted by Crippen LogP contribution is 2.30. The zero-order chi connectivity index (χ0) is 18.1. The molecular formula is C20H16FN5. The number of benzene rings is 2. The van der Waals surface area contributed by atoms with Gasteiger partial charge in [-0.25, -0.2) is 14.4 Å². The van der Waals surface area contributed by atoms with Gasteiger partial charge in [0.1, 0.15) is 11.6 Å². The van der Waals surface area contributed by atoms with Crippen LogP contribution in [-0.2, 0) is 0 Å². The molecule has 0 radical (unpaired) electrons. The Balaban J connectivity index is 1.87. The second kappa shape index (κ2) is 6.40. The van der Waals surface area contributed by atoms with Crippen LogP contribution in [0.2, 0.25) is 0 Å². The average Bonchev–Trinajstić information content (AvgIpc) is 2.69. The molecule has 0 fully saturated rings. The van der Waals surface area contributed by atoms with E-state index in [1.54, 1.807) is 24.5 Å². The van der Waals surface area contributed by atoms with E-state index >= 15 is 0 Å². The molecule has 26 heavy (non-hydrogen) atoms. The van der Waals surface area contributed by atoms with Crippen molar-refractivity contribution in [1.29, 1.82) is 0 Å². The standard InChI is InChI=1S/C20H16FN5/c1-23-20-15-9-12(13-4-6-16(21)17(22)10-13)5-7-18(15)25-19(26-20)14-3-2-8-24-11-14/h2-11H,22H2,1H3,(H,23,25,26). The average molecular weight is 345 g/mol. The van der Waals surface area contributed by atoms with Crippen LogP contribution in [0.25, 0.3) is 33.4 Å². The van der Waals surface area contributed by atoms with Crippen LogP contribution in [-0.4, -0.2) is 22.0 Å². The molecule has 2 aromatic heterocycles. The molecule has 3 N–H and O–H groups in total. The summed E-state index contributed by atoms with van der Waals surface area (Å²) in [7, 11) is 1.82. The maximum absolute atomic E-state index is 13.4. The van der Waals surface area contributed by atoms with Gasteiger partial charge in [0, 0.05) is 30.4 Å². The van der Waals surface area contributed by atoms with Gasteiger partial charge in [-0.3, -0.25) is 4.98 Å². The lowest BCUT2D eigenvalue weighted by Crippen LogP contribution is -1.99. The summed E-state index contributed by atoms with van der Waals surface area (Å²) in [5, 5.41) is 4.00. The van der Waals surface area contributed by atoms with Crippen LogP contribution in [0, 0.1) is 5.82 Å². The monoisotopic (exact) mass is 345 g/mol. The minimum Gasteiger partial charge on any atom is -0.396 e. The summed E-state index contributed by atoms with van der Waals surface area (Å²) in [6.07, 6.45) is 3.44. The van der Waals surface area contributed by atoms with E-state index in [-0.39, 0.29) is 5.69 Å². The van der Waals surface area contributed by atoms with Gasteiger partial charge >= 0.3 is 0 Å². The van der Waals surface area contributed by atoms with Crippen molar-refractivity contribution in [2.75, 3.05) is 18.1 Å². The van der Waals surface area contributed by atoms with Gasteiger partial charge in [-0.2, -0.15) is 0 Å². The fraction of sp³-hybridized carbons (Fsp3) is 0.0500. The fourth-order valence-electron chi connectivity index (χ4n) is 2.85. The Bertz CT molecular complexity index is 1100. The third-order valence-corrected chi connectivity index (χ3v) is 4.18. The SMILES string of the molecule is CNc1nc(-c2cccnc2)nc2ccc(-c3ccc(F)c(N)c3)cc12. The molecule has 4 rings (SSSR count). The molecule has 0 aliphatic heterocycles. The summed E-state index contributed by atoms with van der Waals surface area (Å²) in [6.45, 7) is 0. The van der Waals surface area contributed by atoms with E-state index in [1.165, 1.54) is 6.07 Å². The number of pyridine rings is 1. The molecule has 6 heteroatoms. The molecule has 0 atom stereocenters. The van der Waals surface area contributed by atoms with Crippen LogP contribution >= 0.6 is 0 Å². The van der Waals surface area contributed by atoms with Gasteiger partial charge < -0.3 is 11.1 Å². The van der Waals surface area contributed by atoms with E-state index in [0.717, 1.165) is 27.6 Å². The first-order chi connectivity index (χ1) is 12.7. The van der Waals surface area contributed by atoms with Crippen LogP contribution in [0.4, 0.5) is 15.9 Å². The molecule has 5 nitrogen and oxygen atoms in total. The van der Waals surface area contributed by atoms with Gasteiger partial charge in [-0.05, 0) is 47.5 Å². The highest BCUT2D eigenvalue weighted by atomic mass is 19.1. The van der Waals surface area contributed by atoms with Gasteiger partial charge in [0.25, 0.3) is 0 Å². The number of rotatable bonds is 3. The van der Waals surface area contributed by atoms with Crippen LogP contribution < -0.4 is 11.1 Å². The van der Waals surface area contributed by atoms with E-state index in [0.29, 0.717) is 11.6 Å². The molecule has 0 bridgehead atoms. The predicted octanol–water partition coefficient (Wildman–Crippen LogP) is 4.12. The lowest BCUT2D eigenvalue weighted by Gasteiger charge is -2.10. The third kappa shape index (κ3) is 2.82. The fourth-order valence-corrected chi connectivity index (χ4v) is 2.85. The first-order valence-electron chi connectivity index (χ1n) is 8.11. The number of halogens is 1. The summed E-state index contributed by atoms with van der Waals surface area (Å²) < 4.78 is 13.4. The van der Waals surface area contributed by atoms with Crippen LogP contribution in [0.1, 0.15) is 0 Å². The highest BCUT2D eigenvalue weighted by Gasteiger charge is 2.11. The van der Waals surface area contributed by atoms with E-state index < -0.39 is 5.82 Å². The topological polar surface area (TPSA) is 76.7 Å². The number of nitrogens with two attached hydrogens (primary N) is 1. The maximum Gasteiger partial charge on any atom is 0.163 e. The smallest absolute Gasteiger partial charge is 0.163 e. The molecule has 0 saturated heterocycles. The van der Waals surface area contributed by atoms with Crippen LogP contribution in [0.15, 0.2) is 60.9 Å². The van der Waals surface area contributed by atoms with Crippen molar-refractivity contribution in [2.24, 2.45) is 0 Å². The number of hydrogen-bond donors (Lipinski definition) is 2. The summed E-state index contributed by atoms with van der Waals surface area (Å²) in [4.78, 5) is 13.4.